The standard InChI is InChI=1S/C15H27N3O/c1-16-5-2-6-17(8-7-16)12-15(19)18-10-13-3-4-14(9-13)11-18/h13-14H,2-12H2,1H3/t13-,14+. The number of hydrogen-bond acceptors (Lipinski definition) is 3. The Hall–Kier alpha value is -0.610. The average molecular weight is 265 g/mol. The van der Waals surface area contributed by atoms with Crippen molar-refractivity contribution in [3.63, 3.8) is 0 Å². The summed E-state index contributed by atoms with van der Waals surface area (Å²) in [5.41, 5.74) is 0. The molecule has 0 aromatic heterocycles. The van der Waals surface area contributed by atoms with Gasteiger partial charge in [0.2, 0.25) is 5.91 Å². The number of rotatable bonds is 2. The lowest BCUT2D eigenvalue weighted by molar-refractivity contribution is -0.134. The number of hydrogen-bond donors (Lipinski definition) is 0. The molecule has 4 heteroatoms. The molecular formula is C15H27N3O. The van der Waals surface area contributed by atoms with Gasteiger partial charge in [-0.15, -0.1) is 0 Å². The zero-order valence-electron chi connectivity index (χ0n) is 12.2. The smallest absolute Gasteiger partial charge is 0.236 e. The van der Waals surface area contributed by atoms with Crippen molar-refractivity contribution in [3.8, 4) is 0 Å². The van der Waals surface area contributed by atoms with Gasteiger partial charge in [0.05, 0.1) is 6.54 Å². The van der Waals surface area contributed by atoms with E-state index in [2.05, 4.69) is 21.7 Å². The van der Waals surface area contributed by atoms with Gasteiger partial charge in [0.1, 0.15) is 0 Å². The molecule has 2 atom stereocenters. The average Bonchev–Trinajstić information content (AvgIpc) is 2.60. The third-order valence-corrected chi connectivity index (χ3v) is 5.13. The maximum Gasteiger partial charge on any atom is 0.236 e. The van der Waals surface area contributed by atoms with E-state index >= 15 is 0 Å². The molecule has 0 unspecified atom stereocenters. The second-order valence-electron chi connectivity index (χ2n) is 6.78. The summed E-state index contributed by atoms with van der Waals surface area (Å²) in [6.45, 7) is 7.09. The van der Waals surface area contributed by atoms with Crippen molar-refractivity contribution in [3.05, 3.63) is 0 Å². The van der Waals surface area contributed by atoms with Gasteiger partial charge in [-0.05, 0) is 57.7 Å². The highest BCUT2D eigenvalue weighted by molar-refractivity contribution is 5.78. The summed E-state index contributed by atoms with van der Waals surface area (Å²) in [7, 11) is 2.17. The van der Waals surface area contributed by atoms with Gasteiger partial charge < -0.3 is 9.80 Å². The Kier molecular flexibility index (Phi) is 4.08. The van der Waals surface area contributed by atoms with Gasteiger partial charge in [-0.25, -0.2) is 0 Å². The molecule has 108 valence electrons. The maximum atomic E-state index is 12.4. The highest BCUT2D eigenvalue weighted by Crippen LogP contribution is 2.36. The van der Waals surface area contributed by atoms with Gasteiger partial charge in [0, 0.05) is 26.2 Å². The molecule has 0 N–H and O–H groups in total. The van der Waals surface area contributed by atoms with Crippen molar-refractivity contribution in [2.24, 2.45) is 11.8 Å². The Labute approximate surface area is 116 Å². The minimum absolute atomic E-state index is 0.376. The monoisotopic (exact) mass is 265 g/mol. The summed E-state index contributed by atoms with van der Waals surface area (Å²) in [4.78, 5) is 19.3. The minimum atomic E-state index is 0.376. The Balaban J connectivity index is 1.50. The van der Waals surface area contributed by atoms with Crippen LogP contribution in [0.4, 0.5) is 0 Å². The molecule has 0 radical (unpaired) electrons. The molecule has 3 rings (SSSR count). The van der Waals surface area contributed by atoms with Crippen molar-refractivity contribution in [2.75, 3.05) is 52.9 Å². The number of amides is 1. The molecule has 2 aliphatic heterocycles. The van der Waals surface area contributed by atoms with E-state index in [1.807, 2.05) is 0 Å². The third-order valence-electron chi connectivity index (χ3n) is 5.13. The summed E-state index contributed by atoms with van der Waals surface area (Å²) in [5.74, 6) is 1.98. The van der Waals surface area contributed by atoms with E-state index in [0.717, 1.165) is 44.6 Å². The lowest BCUT2D eigenvalue weighted by atomic mass is 9.99. The summed E-state index contributed by atoms with van der Waals surface area (Å²) < 4.78 is 0. The van der Waals surface area contributed by atoms with Crippen LogP contribution >= 0.6 is 0 Å². The molecule has 1 amide bonds. The second kappa shape index (κ2) is 5.80. The van der Waals surface area contributed by atoms with Crippen LogP contribution in [-0.4, -0.2) is 73.5 Å². The first-order valence-corrected chi connectivity index (χ1v) is 7.89. The summed E-state index contributed by atoms with van der Waals surface area (Å²) in [6, 6.07) is 0. The summed E-state index contributed by atoms with van der Waals surface area (Å²) in [6.07, 6.45) is 5.26. The van der Waals surface area contributed by atoms with Crippen LogP contribution in [0.1, 0.15) is 25.7 Å². The first kappa shape index (κ1) is 13.4. The van der Waals surface area contributed by atoms with Crippen LogP contribution in [0, 0.1) is 11.8 Å². The molecule has 2 saturated heterocycles. The van der Waals surface area contributed by atoms with Crippen LogP contribution in [0.5, 0.6) is 0 Å². The normalized spacial score (nSPS) is 33.4. The Morgan fingerprint density at radius 1 is 1.05 bits per heavy atom. The molecule has 0 aromatic carbocycles. The van der Waals surface area contributed by atoms with E-state index in [-0.39, 0.29) is 0 Å². The molecule has 19 heavy (non-hydrogen) atoms. The van der Waals surface area contributed by atoms with E-state index < -0.39 is 0 Å². The Morgan fingerprint density at radius 2 is 1.79 bits per heavy atom. The molecular weight excluding hydrogens is 238 g/mol. The molecule has 0 spiro atoms. The molecule has 1 saturated carbocycles. The first-order chi connectivity index (χ1) is 9.20. The number of carbonyl (C=O) groups is 1. The maximum absolute atomic E-state index is 12.4. The van der Waals surface area contributed by atoms with Crippen molar-refractivity contribution >= 4 is 5.91 Å². The molecule has 2 bridgehead atoms. The highest BCUT2D eigenvalue weighted by Gasteiger charge is 2.35. The minimum Gasteiger partial charge on any atom is -0.341 e. The molecule has 3 aliphatic rings. The number of likely N-dealkylation sites (tertiary alicyclic amines) is 1. The van der Waals surface area contributed by atoms with E-state index in [9.17, 15) is 4.79 Å². The van der Waals surface area contributed by atoms with Crippen molar-refractivity contribution in [1.29, 1.82) is 0 Å². The molecule has 2 heterocycles. The number of likely N-dealkylation sites (N-methyl/N-ethyl adjacent to an activating group) is 1. The Morgan fingerprint density at radius 3 is 2.53 bits per heavy atom. The van der Waals surface area contributed by atoms with E-state index in [1.54, 1.807) is 0 Å². The summed E-state index contributed by atoms with van der Waals surface area (Å²) >= 11 is 0. The third kappa shape index (κ3) is 3.29. The molecule has 4 nitrogen and oxygen atoms in total. The van der Waals surface area contributed by atoms with Gasteiger partial charge in [0.15, 0.2) is 0 Å². The van der Waals surface area contributed by atoms with Gasteiger partial charge in [0.25, 0.3) is 0 Å². The van der Waals surface area contributed by atoms with Crippen LogP contribution in [0.2, 0.25) is 0 Å². The van der Waals surface area contributed by atoms with Gasteiger partial charge >= 0.3 is 0 Å². The number of carbonyl (C=O) groups excluding carboxylic acids is 1. The van der Waals surface area contributed by atoms with Crippen LogP contribution in [-0.2, 0) is 4.79 Å². The molecule has 3 fully saturated rings. The number of nitrogens with zero attached hydrogens (tertiary/aromatic N) is 3. The zero-order valence-corrected chi connectivity index (χ0v) is 12.2. The van der Waals surface area contributed by atoms with Crippen LogP contribution in [0.3, 0.4) is 0 Å². The fraction of sp³-hybridized carbons (Fsp3) is 0.933. The first-order valence-electron chi connectivity index (χ1n) is 7.89. The Bertz CT molecular complexity index is 321. The van der Waals surface area contributed by atoms with Crippen molar-refractivity contribution < 1.29 is 4.79 Å². The van der Waals surface area contributed by atoms with Crippen LogP contribution < -0.4 is 0 Å². The predicted molar refractivity (Wildman–Crippen MR) is 76.0 cm³/mol. The van der Waals surface area contributed by atoms with Gasteiger partial charge in [-0.2, -0.15) is 0 Å². The lowest BCUT2D eigenvalue weighted by Gasteiger charge is -2.33. The second-order valence-corrected chi connectivity index (χ2v) is 6.78. The highest BCUT2D eigenvalue weighted by atomic mass is 16.2. The number of piperidine rings is 1. The molecule has 1 aliphatic carbocycles. The molecule has 0 aromatic rings. The quantitative estimate of drug-likeness (QED) is 0.742. The summed E-state index contributed by atoms with van der Waals surface area (Å²) in [5, 5.41) is 0. The van der Waals surface area contributed by atoms with Gasteiger partial charge in [-0.1, -0.05) is 0 Å². The topological polar surface area (TPSA) is 26.8 Å². The zero-order chi connectivity index (χ0) is 13.2. The van der Waals surface area contributed by atoms with Crippen molar-refractivity contribution in [2.45, 2.75) is 25.7 Å². The van der Waals surface area contributed by atoms with Crippen LogP contribution in [0.25, 0.3) is 0 Å². The lowest BCUT2D eigenvalue weighted by Crippen LogP contribution is -2.46. The largest absolute Gasteiger partial charge is 0.341 e. The SMILES string of the molecule is CN1CCCN(CC(=O)N2C[C@@H]3CC[C@@H](C3)C2)CC1. The van der Waals surface area contributed by atoms with E-state index in [0.29, 0.717) is 12.5 Å². The fourth-order valence-corrected chi connectivity index (χ4v) is 3.96. The van der Waals surface area contributed by atoms with E-state index in [4.69, 9.17) is 0 Å². The van der Waals surface area contributed by atoms with Gasteiger partial charge in [-0.3, -0.25) is 9.69 Å². The van der Waals surface area contributed by atoms with Crippen LogP contribution in [0.15, 0.2) is 0 Å². The fourth-order valence-electron chi connectivity index (χ4n) is 3.96. The van der Waals surface area contributed by atoms with Crippen molar-refractivity contribution in [1.82, 2.24) is 14.7 Å². The predicted octanol–water partition coefficient (Wildman–Crippen LogP) is 0.882. The number of fused-ring (bicyclic) bond motifs is 2. The van der Waals surface area contributed by atoms with E-state index in [1.165, 1.54) is 32.2 Å².